The molecule has 5 atom stereocenters. The Kier molecular flexibility index (Phi) is 13.2. The number of H-pyrrole nitrogens is 1. The summed E-state index contributed by atoms with van der Waals surface area (Å²) in [7, 11) is 0. The lowest BCUT2D eigenvalue weighted by molar-refractivity contribution is -0.146. The normalized spacial score (nSPS) is 21.5. The third-order valence-corrected chi connectivity index (χ3v) is 10.5. The predicted molar refractivity (Wildman–Crippen MR) is 175 cm³/mol. The predicted octanol–water partition coefficient (Wildman–Crippen LogP) is 7.46. The lowest BCUT2D eigenvalue weighted by Crippen LogP contribution is -2.37. The summed E-state index contributed by atoms with van der Waals surface area (Å²) < 4.78 is 0. The van der Waals surface area contributed by atoms with Crippen LogP contribution in [-0.2, 0) is 24.1 Å². The number of phenols is 1. The van der Waals surface area contributed by atoms with E-state index in [1.54, 1.807) is 6.07 Å². The van der Waals surface area contributed by atoms with Crippen LogP contribution in [0.1, 0.15) is 133 Å². The summed E-state index contributed by atoms with van der Waals surface area (Å²) in [6, 6.07) is 7.85. The number of rotatable bonds is 20. The Hall–Kier alpha value is -2.35. The lowest BCUT2D eigenvalue weighted by Gasteiger charge is -2.32. The first-order chi connectivity index (χ1) is 21.2. The van der Waals surface area contributed by atoms with E-state index >= 15 is 0 Å². The smallest absolute Gasteiger partial charge is 0.309 e. The number of aromatic hydroxyl groups is 1. The van der Waals surface area contributed by atoms with E-state index in [0.717, 1.165) is 93.1 Å². The number of aliphatic hydroxyl groups excluding tert-OH is 2. The average molecular weight is 612 g/mol. The Balaban J connectivity index is 1.20. The zero-order chi connectivity index (χ0) is 31.5. The number of carboxylic acids is 1. The highest BCUT2D eigenvalue weighted by Gasteiger charge is 2.42. The van der Waals surface area contributed by atoms with Gasteiger partial charge in [0.15, 0.2) is 0 Å². The quantitative estimate of drug-likeness (QED) is 0.0861. The van der Waals surface area contributed by atoms with E-state index in [1.165, 1.54) is 31.2 Å². The number of aromatic amines is 1. The van der Waals surface area contributed by atoms with E-state index in [9.17, 15) is 30.3 Å². The van der Waals surface area contributed by atoms with Crippen LogP contribution in [0.15, 0.2) is 24.3 Å². The van der Waals surface area contributed by atoms with Gasteiger partial charge in [0, 0.05) is 22.5 Å². The zero-order valence-electron chi connectivity index (χ0n) is 26.9. The first kappa shape index (κ1) is 34.5. The van der Waals surface area contributed by atoms with Crippen LogP contribution in [0.5, 0.6) is 5.75 Å². The number of aromatic nitrogens is 1. The van der Waals surface area contributed by atoms with Crippen molar-refractivity contribution in [3.05, 3.63) is 41.1 Å². The lowest BCUT2D eigenvalue weighted by atomic mass is 9.81. The number of hydrogen-bond acceptors (Lipinski definition) is 5. The second-order valence-corrected chi connectivity index (χ2v) is 13.8. The van der Waals surface area contributed by atoms with Crippen LogP contribution in [0.2, 0.25) is 0 Å². The number of unbranched alkanes of at least 4 members (excludes halogenated alkanes) is 7. The Labute approximate surface area is 264 Å². The highest BCUT2D eigenvalue weighted by atomic mass is 16.4. The van der Waals surface area contributed by atoms with Crippen molar-refractivity contribution in [3.8, 4) is 17.0 Å². The molecule has 7 heteroatoms. The maximum absolute atomic E-state index is 12.0. The summed E-state index contributed by atoms with van der Waals surface area (Å²) in [5.41, 5.74) is 4.51. The van der Waals surface area contributed by atoms with Gasteiger partial charge < -0.3 is 30.5 Å². The Morgan fingerprint density at radius 1 is 0.977 bits per heavy atom. The molecule has 1 fully saturated rings. The Bertz CT molecular complexity index is 1180. The van der Waals surface area contributed by atoms with Gasteiger partial charge in [-0.05, 0) is 87.8 Å². The monoisotopic (exact) mass is 611 g/mol. The molecule has 2 aliphatic rings. The first-order valence-corrected chi connectivity index (χ1v) is 17.5. The molecule has 44 heavy (non-hydrogen) atoms. The van der Waals surface area contributed by atoms with Crippen molar-refractivity contribution < 1.29 is 30.3 Å². The second kappa shape index (κ2) is 16.8. The molecular formula is C37H57NO6. The number of carboxylic acid groups (broad SMARTS) is 1. The third-order valence-electron chi connectivity index (χ3n) is 10.5. The number of aliphatic carboxylic acids is 1. The molecule has 0 saturated heterocycles. The van der Waals surface area contributed by atoms with Gasteiger partial charge in [0.2, 0.25) is 0 Å². The van der Waals surface area contributed by atoms with Crippen molar-refractivity contribution in [2.75, 3.05) is 0 Å². The van der Waals surface area contributed by atoms with Crippen molar-refractivity contribution in [1.29, 1.82) is 0 Å². The van der Waals surface area contributed by atoms with E-state index < -0.39 is 23.6 Å². The maximum atomic E-state index is 12.0. The number of phenolic OH excluding ortho intramolecular Hbond substituents is 1. The van der Waals surface area contributed by atoms with Gasteiger partial charge in [-0.2, -0.15) is 0 Å². The van der Waals surface area contributed by atoms with Gasteiger partial charge in [-0.25, -0.2) is 0 Å². The molecule has 5 unspecified atom stereocenters. The van der Waals surface area contributed by atoms with E-state index in [-0.39, 0.29) is 18.4 Å². The molecule has 1 saturated carbocycles. The number of benzene rings is 1. The molecule has 1 aromatic heterocycles. The van der Waals surface area contributed by atoms with Crippen LogP contribution < -0.4 is 0 Å². The van der Waals surface area contributed by atoms with Crippen molar-refractivity contribution in [3.63, 3.8) is 0 Å². The van der Waals surface area contributed by atoms with Crippen LogP contribution in [-0.4, -0.2) is 54.3 Å². The van der Waals surface area contributed by atoms with Crippen molar-refractivity contribution in [2.24, 2.45) is 11.8 Å². The van der Waals surface area contributed by atoms with Crippen molar-refractivity contribution in [2.45, 2.75) is 153 Å². The van der Waals surface area contributed by atoms with Gasteiger partial charge in [0.25, 0.3) is 0 Å². The van der Waals surface area contributed by atoms with Crippen LogP contribution >= 0.6 is 0 Å². The molecule has 0 amide bonds. The Morgan fingerprint density at radius 3 is 2.39 bits per heavy atom. The minimum Gasteiger partial charge on any atom is -0.508 e. The molecule has 246 valence electrons. The van der Waals surface area contributed by atoms with E-state index in [2.05, 4.69) is 18.0 Å². The molecule has 6 N–H and O–H groups in total. The molecule has 1 heterocycles. The van der Waals surface area contributed by atoms with Crippen LogP contribution in [0.3, 0.4) is 0 Å². The van der Waals surface area contributed by atoms with E-state index in [1.807, 2.05) is 12.1 Å². The molecule has 0 bridgehead atoms. The topological polar surface area (TPSA) is 134 Å². The van der Waals surface area contributed by atoms with Gasteiger partial charge in [0.1, 0.15) is 5.75 Å². The highest BCUT2D eigenvalue weighted by Crippen LogP contribution is 2.43. The molecule has 7 nitrogen and oxygen atoms in total. The van der Waals surface area contributed by atoms with Gasteiger partial charge in [-0.15, -0.1) is 0 Å². The van der Waals surface area contributed by atoms with Crippen LogP contribution in [0.25, 0.3) is 11.3 Å². The van der Waals surface area contributed by atoms with Gasteiger partial charge in [-0.3, -0.25) is 4.79 Å². The number of carbonyl (C=O) groups is 1. The highest BCUT2D eigenvalue weighted by molar-refractivity contribution is 5.73. The fourth-order valence-electron chi connectivity index (χ4n) is 7.76. The summed E-state index contributed by atoms with van der Waals surface area (Å²) in [5.74, 6) is -1.40. The number of fused-ring (bicyclic) bond motifs is 3. The molecule has 0 aliphatic heterocycles. The molecule has 2 aromatic rings. The van der Waals surface area contributed by atoms with Gasteiger partial charge in [0.05, 0.1) is 23.7 Å². The van der Waals surface area contributed by atoms with Crippen molar-refractivity contribution in [1.82, 2.24) is 4.98 Å². The average Bonchev–Trinajstić information content (AvgIpc) is 3.58. The fourth-order valence-corrected chi connectivity index (χ4v) is 7.76. The van der Waals surface area contributed by atoms with Crippen molar-refractivity contribution >= 4 is 5.97 Å². The molecule has 0 spiro atoms. The zero-order valence-corrected chi connectivity index (χ0v) is 26.9. The molecule has 4 rings (SSSR count). The third kappa shape index (κ3) is 9.34. The largest absolute Gasteiger partial charge is 0.508 e. The Morgan fingerprint density at radius 2 is 1.68 bits per heavy atom. The molecule has 0 radical (unpaired) electrons. The molecule has 2 aliphatic carbocycles. The number of nitrogens with one attached hydrogen (secondary N) is 1. The second-order valence-electron chi connectivity index (χ2n) is 13.8. The van der Waals surface area contributed by atoms with Gasteiger partial charge >= 0.3 is 5.97 Å². The summed E-state index contributed by atoms with van der Waals surface area (Å²) in [4.78, 5) is 15.6. The summed E-state index contributed by atoms with van der Waals surface area (Å²) >= 11 is 0. The van der Waals surface area contributed by atoms with Crippen LogP contribution in [0, 0.1) is 11.8 Å². The van der Waals surface area contributed by atoms with Crippen LogP contribution in [0.4, 0.5) is 0 Å². The van der Waals surface area contributed by atoms with Gasteiger partial charge in [-0.1, -0.05) is 83.3 Å². The minimum atomic E-state index is -0.978. The maximum Gasteiger partial charge on any atom is 0.309 e. The summed E-state index contributed by atoms with van der Waals surface area (Å²) in [5, 5.41) is 52.9. The standard InChI is InChI=1S/C37H57NO6/c1-2-3-4-5-8-14-29(39)15-9-6-7-10-16-32(36(42)43)34(41)21-23-37(44)22-12-13-27(37)25-28-24-26-19-20-30-31(35(26)38-28)17-11-18-33(30)40/h11,17-18,24,27,29,32,34,38-41,44H,2-10,12-16,19-23,25H2,1H3,(H,42,43). The number of aliphatic hydroxyl groups is 3. The number of aryl methyl sites for hydroxylation is 1. The number of hydrogen-bond donors (Lipinski definition) is 6. The summed E-state index contributed by atoms with van der Waals surface area (Å²) in [6.45, 7) is 2.20. The SMILES string of the molecule is CCCCCCCC(O)CCCCCCC(C(=O)O)C(O)CCC1(O)CCCC1Cc1cc2c([nH]1)-c1cccc(O)c1CC2. The first-order valence-electron chi connectivity index (χ1n) is 17.5. The minimum absolute atomic E-state index is 0.0495. The van der Waals surface area contributed by atoms with E-state index in [0.29, 0.717) is 31.4 Å². The summed E-state index contributed by atoms with van der Waals surface area (Å²) in [6.07, 6.45) is 16.0. The fraction of sp³-hybridized carbons (Fsp3) is 0.703. The molecule has 1 aromatic carbocycles. The van der Waals surface area contributed by atoms with E-state index in [4.69, 9.17) is 0 Å². The molecular weight excluding hydrogens is 554 g/mol.